The van der Waals surface area contributed by atoms with Gasteiger partial charge in [0.15, 0.2) is 0 Å². The zero-order valence-electron chi connectivity index (χ0n) is 6.20. The molecule has 1 rings (SSSR count). The molecule has 0 saturated carbocycles. The van der Waals surface area contributed by atoms with Crippen molar-refractivity contribution in [3.63, 3.8) is 0 Å². The van der Waals surface area contributed by atoms with Crippen LogP contribution in [0.1, 0.15) is 0 Å². The Morgan fingerprint density at radius 1 is 1.82 bits per heavy atom. The Hall–Kier alpha value is -1.10. The summed E-state index contributed by atoms with van der Waals surface area (Å²) in [5.74, 6) is -0.980. The lowest BCUT2D eigenvalue weighted by atomic mass is 10.2. The average molecular weight is 158 g/mol. The molecule has 1 saturated heterocycles. The molecule has 5 heteroatoms. The van der Waals surface area contributed by atoms with Gasteiger partial charge in [-0.3, -0.25) is 14.9 Å². The lowest BCUT2D eigenvalue weighted by Gasteiger charge is -2.27. The van der Waals surface area contributed by atoms with E-state index >= 15 is 0 Å². The number of hydrogen-bond acceptors (Lipinski definition) is 3. The summed E-state index contributed by atoms with van der Waals surface area (Å²) >= 11 is 0. The number of hydrogen-bond donors (Lipinski definition) is 2. The van der Waals surface area contributed by atoms with E-state index in [1.54, 1.807) is 7.05 Å². The Balaban J connectivity index is 2.52. The maximum Gasteiger partial charge on any atom is 0.322 e. The summed E-state index contributed by atoms with van der Waals surface area (Å²) < 4.78 is 0. The Bertz CT molecular complexity index is 192. The standard InChI is InChI=1S/C6H10N2O3/c1-8-3-4(6(10)11)7-2-5(8)9/h4,7H,2-3H2,1H3,(H,10,11). The van der Waals surface area contributed by atoms with Gasteiger partial charge >= 0.3 is 5.97 Å². The Morgan fingerprint density at radius 2 is 2.45 bits per heavy atom. The summed E-state index contributed by atoms with van der Waals surface area (Å²) in [6, 6.07) is -0.613. The van der Waals surface area contributed by atoms with Crippen LogP contribution in [0.4, 0.5) is 0 Å². The third kappa shape index (κ3) is 1.68. The number of rotatable bonds is 1. The van der Waals surface area contributed by atoms with E-state index in [4.69, 9.17) is 5.11 Å². The largest absolute Gasteiger partial charge is 0.480 e. The van der Waals surface area contributed by atoms with E-state index in [1.165, 1.54) is 4.90 Å². The second-order valence-electron chi connectivity index (χ2n) is 2.55. The number of carbonyl (C=O) groups excluding carboxylic acids is 1. The minimum Gasteiger partial charge on any atom is -0.480 e. The normalized spacial score (nSPS) is 25.4. The molecule has 62 valence electrons. The van der Waals surface area contributed by atoms with E-state index < -0.39 is 12.0 Å². The van der Waals surface area contributed by atoms with Crippen LogP contribution in [0.2, 0.25) is 0 Å². The lowest BCUT2D eigenvalue weighted by Crippen LogP contribution is -2.55. The van der Waals surface area contributed by atoms with Crippen LogP contribution in [0.5, 0.6) is 0 Å². The first-order valence-electron chi connectivity index (χ1n) is 3.31. The summed E-state index contributed by atoms with van der Waals surface area (Å²) in [5, 5.41) is 11.1. The van der Waals surface area contributed by atoms with Gasteiger partial charge in [-0.2, -0.15) is 0 Å². The SMILES string of the molecule is CN1CC(C(=O)O)NCC1=O. The van der Waals surface area contributed by atoms with Crippen LogP contribution in [0.25, 0.3) is 0 Å². The van der Waals surface area contributed by atoms with E-state index in [0.717, 1.165) is 0 Å². The van der Waals surface area contributed by atoms with Crippen LogP contribution in [0.15, 0.2) is 0 Å². The Kier molecular flexibility index (Phi) is 2.09. The number of likely N-dealkylation sites (N-methyl/N-ethyl adjacent to an activating group) is 1. The molecule has 2 N–H and O–H groups in total. The Morgan fingerprint density at radius 3 is 2.91 bits per heavy atom. The van der Waals surface area contributed by atoms with Crippen LogP contribution in [0, 0.1) is 0 Å². The van der Waals surface area contributed by atoms with Gasteiger partial charge in [0, 0.05) is 13.6 Å². The predicted molar refractivity (Wildman–Crippen MR) is 37.1 cm³/mol. The number of nitrogens with zero attached hydrogens (tertiary/aromatic N) is 1. The average Bonchev–Trinajstić information content (AvgIpc) is 1.94. The number of carboxylic acids is 1. The van der Waals surface area contributed by atoms with Crippen LogP contribution >= 0.6 is 0 Å². The summed E-state index contributed by atoms with van der Waals surface area (Å²) in [4.78, 5) is 22.7. The molecule has 0 aromatic rings. The summed E-state index contributed by atoms with van der Waals surface area (Å²) in [6.07, 6.45) is 0. The van der Waals surface area contributed by atoms with Gasteiger partial charge in [-0.25, -0.2) is 0 Å². The van der Waals surface area contributed by atoms with E-state index in [1.807, 2.05) is 0 Å². The maximum absolute atomic E-state index is 10.8. The second kappa shape index (κ2) is 2.87. The van der Waals surface area contributed by atoms with Crippen molar-refractivity contribution in [2.75, 3.05) is 20.1 Å². The van der Waals surface area contributed by atoms with Crippen LogP contribution in [-0.2, 0) is 9.59 Å². The molecular formula is C6H10N2O3. The predicted octanol–water partition coefficient (Wildman–Crippen LogP) is -1.50. The van der Waals surface area contributed by atoms with Crippen molar-refractivity contribution in [2.45, 2.75) is 6.04 Å². The van der Waals surface area contributed by atoms with Crippen LogP contribution < -0.4 is 5.32 Å². The van der Waals surface area contributed by atoms with Crippen molar-refractivity contribution < 1.29 is 14.7 Å². The molecule has 0 aromatic carbocycles. The summed E-state index contributed by atoms with van der Waals surface area (Å²) in [6.45, 7) is 0.363. The molecule has 1 aliphatic rings. The van der Waals surface area contributed by atoms with Gasteiger partial charge in [-0.1, -0.05) is 0 Å². The third-order valence-corrected chi connectivity index (χ3v) is 1.68. The molecule has 1 amide bonds. The first kappa shape index (κ1) is 8.00. The number of carboxylic acid groups (broad SMARTS) is 1. The number of nitrogens with one attached hydrogen (secondary N) is 1. The first-order chi connectivity index (χ1) is 5.11. The molecule has 0 spiro atoms. The smallest absolute Gasteiger partial charge is 0.322 e. The quantitative estimate of drug-likeness (QED) is 0.487. The topological polar surface area (TPSA) is 69.6 Å². The van der Waals surface area contributed by atoms with Crippen LogP contribution in [0.3, 0.4) is 0 Å². The number of piperazine rings is 1. The minimum absolute atomic E-state index is 0.0671. The van der Waals surface area contributed by atoms with Crippen molar-refractivity contribution in [2.24, 2.45) is 0 Å². The molecule has 1 heterocycles. The molecule has 0 aliphatic carbocycles. The second-order valence-corrected chi connectivity index (χ2v) is 2.55. The molecule has 1 atom stereocenters. The van der Waals surface area contributed by atoms with Gasteiger partial charge < -0.3 is 10.0 Å². The van der Waals surface area contributed by atoms with E-state index in [2.05, 4.69) is 5.32 Å². The fraction of sp³-hybridized carbons (Fsp3) is 0.667. The van der Waals surface area contributed by atoms with E-state index in [-0.39, 0.29) is 19.0 Å². The number of carbonyl (C=O) groups is 2. The molecule has 5 nitrogen and oxygen atoms in total. The molecule has 11 heavy (non-hydrogen) atoms. The van der Waals surface area contributed by atoms with Gasteiger partial charge in [-0.05, 0) is 0 Å². The van der Waals surface area contributed by atoms with Gasteiger partial charge in [-0.15, -0.1) is 0 Å². The fourth-order valence-electron chi connectivity index (χ4n) is 0.951. The van der Waals surface area contributed by atoms with Crippen molar-refractivity contribution in [1.29, 1.82) is 0 Å². The van der Waals surface area contributed by atoms with Gasteiger partial charge in [0.1, 0.15) is 6.04 Å². The molecular weight excluding hydrogens is 148 g/mol. The Labute approximate surface area is 64.0 Å². The molecule has 1 unspecified atom stereocenters. The molecule has 0 aromatic heterocycles. The summed E-state index contributed by atoms with van der Waals surface area (Å²) in [5.41, 5.74) is 0. The molecule has 0 radical (unpaired) electrons. The van der Waals surface area contributed by atoms with Gasteiger partial charge in [0.25, 0.3) is 0 Å². The summed E-state index contributed by atoms with van der Waals surface area (Å²) in [7, 11) is 1.60. The lowest BCUT2D eigenvalue weighted by molar-refractivity contribution is -0.143. The fourth-order valence-corrected chi connectivity index (χ4v) is 0.951. The number of aliphatic carboxylic acids is 1. The molecule has 0 bridgehead atoms. The van der Waals surface area contributed by atoms with Gasteiger partial charge in [0.05, 0.1) is 6.54 Å². The zero-order chi connectivity index (χ0) is 8.43. The van der Waals surface area contributed by atoms with E-state index in [0.29, 0.717) is 0 Å². The zero-order valence-corrected chi connectivity index (χ0v) is 6.20. The highest BCUT2D eigenvalue weighted by atomic mass is 16.4. The van der Waals surface area contributed by atoms with Crippen molar-refractivity contribution in [3.05, 3.63) is 0 Å². The molecule has 1 aliphatic heterocycles. The highest BCUT2D eigenvalue weighted by molar-refractivity contribution is 5.83. The van der Waals surface area contributed by atoms with Crippen molar-refractivity contribution in [3.8, 4) is 0 Å². The maximum atomic E-state index is 10.8. The first-order valence-corrected chi connectivity index (χ1v) is 3.31. The van der Waals surface area contributed by atoms with E-state index in [9.17, 15) is 9.59 Å². The van der Waals surface area contributed by atoms with Crippen molar-refractivity contribution >= 4 is 11.9 Å². The van der Waals surface area contributed by atoms with Gasteiger partial charge in [0.2, 0.25) is 5.91 Å². The van der Waals surface area contributed by atoms with Crippen molar-refractivity contribution in [1.82, 2.24) is 10.2 Å². The molecule has 1 fully saturated rings. The number of amides is 1. The minimum atomic E-state index is -0.913. The van der Waals surface area contributed by atoms with Crippen LogP contribution in [-0.4, -0.2) is 48.1 Å². The monoisotopic (exact) mass is 158 g/mol. The third-order valence-electron chi connectivity index (χ3n) is 1.68. The highest BCUT2D eigenvalue weighted by Gasteiger charge is 2.26. The highest BCUT2D eigenvalue weighted by Crippen LogP contribution is 1.96.